The SMILES string of the molecule is O=C(CCCC1CCCCC1)NCC(=O)Nc1ccccc1Br. The van der Waals surface area contributed by atoms with Gasteiger partial charge in [-0.1, -0.05) is 44.2 Å². The molecule has 4 nitrogen and oxygen atoms in total. The molecule has 1 saturated carbocycles. The second kappa shape index (κ2) is 9.71. The zero-order valence-corrected chi connectivity index (χ0v) is 15.0. The number of amides is 2. The monoisotopic (exact) mass is 380 g/mol. The lowest BCUT2D eigenvalue weighted by atomic mass is 9.86. The molecule has 23 heavy (non-hydrogen) atoms. The normalized spacial score (nSPS) is 15.2. The van der Waals surface area contributed by atoms with E-state index < -0.39 is 0 Å². The number of halogens is 1. The Labute approximate surface area is 146 Å². The molecule has 1 fully saturated rings. The van der Waals surface area contributed by atoms with E-state index in [0.29, 0.717) is 12.1 Å². The lowest BCUT2D eigenvalue weighted by Crippen LogP contribution is -2.32. The van der Waals surface area contributed by atoms with Gasteiger partial charge in [0.2, 0.25) is 11.8 Å². The predicted octanol–water partition coefficient (Wildman–Crippen LogP) is 4.25. The Balaban J connectivity index is 1.60. The number of carbonyl (C=O) groups is 2. The Morgan fingerprint density at radius 2 is 1.83 bits per heavy atom. The van der Waals surface area contributed by atoms with Gasteiger partial charge in [-0.3, -0.25) is 9.59 Å². The second-order valence-corrected chi connectivity index (χ2v) is 7.06. The van der Waals surface area contributed by atoms with Crippen LogP contribution in [0.3, 0.4) is 0 Å². The number of benzene rings is 1. The average Bonchev–Trinajstić information content (AvgIpc) is 2.56. The summed E-state index contributed by atoms with van der Waals surface area (Å²) in [6, 6.07) is 7.41. The molecule has 126 valence electrons. The van der Waals surface area contributed by atoms with Crippen LogP contribution in [0, 0.1) is 5.92 Å². The Morgan fingerprint density at radius 1 is 1.09 bits per heavy atom. The van der Waals surface area contributed by atoms with E-state index in [4.69, 9.17) is 0 Å². The number of nitrogens with one attached hydrogen (secondary N) is 2. The standard InChI is InChI=1S/C18H25BrN2O2/c19-15-10-4-5-11-16(15)21-18(23)13-20-17(22)12-6-9-14-7-2-1-3-8-14/h4-5,10-11,14H,1-3,6-9,12-13H2,(H,20,22)(H,21,23). The van der Waals surface area contributed by atoms with Gasteiger partial charge in [-0.25, -0.2) is 0 Å². The summed E-state index contributed by atoms with van der Waals surface area (Å²) >= 11 is 3.37. The van der Waals surface area contributed by atoms with Gasteiger partial charge in [-0.15, -0.1) is 0 Å². The van der Waals surface area contributed by atoms with Crippen LogP contribution < -0.4 is 10.6 Å². The summed E-state index contributed by atoms with van der Waals surface area (Å²) in [6.07, 6.45) is 9.24. The molecule has 1 aliphatic rings. The molecule has 5 heteroatoms. The zero-order valence-electron chi connectivity index (χ0n) is 13.4. The molecule has 1 aromatic rings. The van der Waals surface area contributed by atoms with E-state index in [9.17, 15) is 9.59 Å². The maximum Gasteiger partial charge on any atom is 0.243 e. The van der Waals surface area contributed by atoms with E-state index in [2.05, 4.69) is 26.6 Å². The molecule has 0 atom stereocenters. The van der Waals surface area contributed by atoms with Gasteiger partial charge in [-0.2, -0.15) is 0 Å². The number of rotatable bonds is 7. The highest BCUT2D eigenvalue weighted by molar-refractivity contribution is 9.10. The minimum absolute atomic E-state index is 0.0175. The molecule has 2 N–H and O–H groups in total. The summed E-state index contributed by atoms with van der Waals surface area (Å²) < 4.78 is 0.826. The first kappa shape index (κ1) is 18.0. The fourth-order valence-corrected chi connectivity index (χ4v) is 3.44. The molecule has 0 unspecified atom stereocenters. The van der Waals surface area contributed by atoms with Gasteiger partial charge in [0, 0.05) is 10.9 Å². The van der Waals surface area contributed by atoms with Crippen LogP contribution in [0.4, 0.5) is 5.69 Å². The van der Waals surface area contributed by atoms with Crippen LogP contribution in [-0.4, -0.2) is 18.4 Å². The summed E-state index contributed by atoms with van der Waals surface area (Å²) in [5, 5.41) is 5.47. The largest absolute Gasteiger partial charge is 0.347 e. The highest BCUT2D eigenvalue weighted by Gasteiger charge is 2.14. The molecule has 0 aliphatic heterocycles. The summed E-state index contributed by atoms with van der Waals surface area (Å²) in [4.78, 5) is 23.7. The van der Waals surface area contributed by atoms with Gasteiger partial charge in [0.1, 0.15) is 0 Å². The predicted molar refractivity (Wildman–Crippen MR) is 96.2 cm³/mol. The summed E-state index contributed by atoms with van der Waals surface area (Å²) in [7, 11) is 0. The van der Waals surface area contributed by atoms with Crippen molar-refractivity contribution in [2.75, 3.05) is 11.9 Å². The van der Waals surface area contributed by atoms with Crippen molar-refractivity contribution in [3.05, 3.63) is 28.7 Å². The molecule has 2 rings (SSSR count). The molecule has 0 aromatic heterocycles. The lowest BCUT2D eigenvalue weighted by molar-refractivity contribution is -0.124. The summed E-state index contributed by atoms with van der Waals surface area (Å²) in [6.45, 7) is 0.0175. The van der Waals surface area contributed by atoms with Gasteiger partial charge in [0.05, 0.1) is 12.2 Å². The van der Waals surface area contributed by atoms with Crippen LogP contribution in [-0.2, 0) is 9.59 Å². The summed E-state index contributed by atoms with van der Waals surface area (Å²) in [5.74, 6) is 0.552. The second-order valence-electron chi connectivity index (χ2n) is 6.20. The van der Waals surface area contributed by atoms with Gasteiger partial charge < -0.3 is 10.6 Å². The van der Waals surface area contributed by atoms with Gasteiger partial charge >= 0.3 is 0 Å². The van der Waals surface area contributed by atoms with Crippen molar-refractivity contribution in [1.82, 2.24) is 5.32 Å². The minimum Gasteiger partial charge on any atom is -0.347 e. The van der Waals surface area contributed by atoms with E-state index in [1.165, 1.54) is 32.1 Å². The van der Waals surface area contributed by atoms with Crippen molar-refractivity contribution in [1.29, 1.82) is 0 Å². The van der Waals surface area contributed by atoms with E-state index in [0.717, 1.165) is 23.2 Å². The van der Waals surface area contributed by atoms with E-state index in [1.807, 2.05) is 24.3 Å². The highest BCUT2D eigenvalue weighted by atomic mass is 79.9. The number of hydrogen-bond donors (Lipinski definition) is 2. The third-order valence-electron chi connectivity index (χ3n) is 4.34. The van der Waals surface area contributed by atoms with Crippen molar-refractivity contribution < 1.29 is 9.59 Å². The van der Waals surface area contributed by atoms with Crippen LogP contribution in [0.1, 0.15) is 51.4 Å². The van der Waals surface area contributed by atoms with E-state index in [1.54, 1.807) is 0 Å². The summed E-state index contributed by atoms with van der Waals surface area (Å²) in [5.41, 5.74) is 0.712. The Hall–Kier alpha value is -1.36. The number of carbonyl (C=O) groups excluding carboxylic acids is 2. The van der Waals surface area contributed by atoms with Crippen LogP contribution in [0.15, 0.2) is 28.7 Å². The number of hydrogen-bond acceptors (Lipinski definition) is 2. The zero-order chi connectivity index (χ0) is 16.5. The third kappa shape index (κ3) is 6.73. The van der Waals surface area contributed by atoms with E-state index >= 15 is 0 Å². The fraction of sp³-hybridized carbons (Fsp3) is 0.556. The average molecular weight is 381 g/mol. The first-order valence-corrected chi connectivity index (χ1v) is 9.25. The first-order valence-electron chi connectivity index (χ1n) is 8.46. The quantitative estimate of drug-likeness (QED) is 0.742. The molecule has 0 bridgehead atoms. The third-order valence-corrected chi connectivity index (χ3v) is 5.03. The maximum atomic E-state index is 11.8. The lowest BCUT2D eigenvalue weighted by Gasteiger charge is -2.21. The molecule has 0 radical (unpaired) electrons. The van der Waals surface area contributed by atoms with Crippen LogP contribution in [0.25, 0.3) is 0 Å². The number of para-hydroxylation sites is 1. The number of anilines is 1. The molecule has 1 aliphatic carbocycles. The Kier molecular flexibility index (Phi) is 7.59. The molecule has 0 spiro atoms. The fourth-order valence-electron chi connectivity index (χ4n) is 3.05. The van der Waals surface area contributed by atoms with Crippen molar-refractivity contribution in [3.63, 3.8) is 0 Å². The molecular weight excluding hydrogens is 356 g/mol. The smallest absolute Gasteiger partial charge is 0.243 e. The molecular formula is C18H25BrN2O2. The molecule has 1 aromatic carbocycles. The van der Waals surface area contributed by atoms with Crippen molar-refractivity contribution >= 4 is 33.4 Å². The first-order chi connectivity index (χ1) is 11.1. The van der Waals surface area contributed by atoms with Crippen LogP contribution in [0.2, 0.25) is 0 Å². The van der Waals surface area contributed by atoms with Gasteiger partial charge in [-0.05, 0) is 46.8 Å². The van der Waals surface area contributed by atoms with Crippen molar-refractivity contribution in [2.45, 2.75) is 51.4 Å². The van der Waals surface area contributed by atoms with Crippen molar-refractivity contribution in [2.24, 2.45) is 5.92 Å². The Morgan fingerprint density at radius 3 is 2.57 bits per heavy atom. The van der Waals surface area contributed by atoms with E-state index in [-0.39, 0.29) is 18.4 Å². The maximum absolute atomic E-state index is 11.8. The molecule has 0 heterocycles. The van der Waals surface area contributed by atoms with Crippen molar-refractivity contribution in [3.8, 4) is 0 Å². The van der Waals surface area contributed by atoms with Gasteiger partial charge in [0.25, 0.3) is 0 Å². The van der Waals surface area contributed by atoms with Crippen LogP contribution >= 0.6 is 15.9 Å². The van der Waals surface area contributed by atoms with Gasteiger partial charge in [0.15, 0.2) is 0 Å². The topological polar surface area (TPSA) is 58.2 Å². The minimum atomic E-state index is -0.211. The molecule has 0 saturated heterocycles. The molecule has 2 amide bonds. The Bertz CT molecular complexity index is 528. The highest BCUT2D eigenvalue weighted by Crippen LogP contribution is 2.27. The van der Waals surface area contributed by atoms with Crippen LogP contribution in [0.5, 0.6) is 0 Å².